The highest BCUT2D eigenvalue weighted by Crippen LogP contribution is 2.31. The van der Waals surface area contributed by atoms with Gasteiger partial charge in [-0.3, -0.25) is 9.69 Å². The van der Waals surface area contributed by atoms with Crippen LogP contribution in [-0.2, 0) is 6.18 Å². The van der Waals surface area contributed by atoms with E-state index in [0.29, 0.717) is 23.3 Å². The molecule has 0 radical (unpaired) electrons. The second-order valence-electron chi connectivity index (χ2n) is 7.11. The Kier molecular flexibility index (Phi) is 6.47. The molecule has 1 aromatic heterocycles. The molecule has 0 saturated carbocycles. The molecule has 0 spiro atoms. The van der Waals surface area contributed by atoms with Crippen molar-refractivity contribution in [1.29, 1.82) is 0 Å². The Labute approximate surface area is 167 Å². The molecule has 2 aromatic carbocycles. The maximum absolute atomic E-state index is 13.0. The fourth-order valence-corrected chi connectivity index (χ4v) is 3.49. The summed E-state index contributed by atoms with van der Waals surface area (Å²) in [7, 11) is 0. The Morgan fingerprint density at radius 3 is 2.17 bits per heavy atom. The van der Waals surface area contributed by atoms with E-state index in [1.807, 2.05) is 0 Å². The Hall–Kier alpha value is -2.54. The summed E-state index contributed by atoms with van der Waals surface area (Å²) in [6, 6.07) is 8.15. The van der Waals surface area contributed by atoms with Gasteiger partial charge in [-0.15, -0.1) is 0 Å². The van der Waals surface area contributed by atoms with Crippen LogP contribution in [0.3, 0.4) is 0 Å². The average Bonchev–Trinajstić information content (AvgIpc) is 2.67. The second-order valence-corrected chi connectivity index (χ2v) is 7.11. The number of fused-ring (bicyclic) bond motifs is 2. The maximum atomic E-state index is 13.0. The normalized spacial score (nSPS) is 12.2. The monoisotopic (exact) mass is 406 g/mol. The van der Waals surface area contributed by atoms with Gasteiger partial charge in [0.2, 0.25) is 0 Å². The molecule has 1 heterocycles. The molecule has 0 fully saturated rings. The molecule has 156 valence electrons. The molecule has 29 heavy (non-hydrogen) atoms. The lowest BCUT2D eigenvalue weighted by atomic mass is 10.1. The van der Waals surface area contributed by atoms with Crippen LogP contribution in [-0.4, -0.2) is 36.1 Å². The molecule has 0 unspecified atom stereocenters. The molecule has 4 nitrogen and oxygen atoms in total. The predicted octanol–water partition coefficient (Wildman–Crippen LogP) is 5.20. The van der Waals surface area contributed by atoms with Crippen LogP contribution < -0.4 is 10.2 Å². The largest absolute Gasteiger partial charge is 0.492 e. The van der Waals surface area contributed by atoms with Crippen LogP contribution in [0.2, 0.25) is 0 Å². The Bertz CT molecular complexity index is 1040. The number of ether oxygens (including phenoxy) is 1. The van der Waals surface area contributed by atoms with Crippen LogP contribution in [0, 0.1) is 0 Å². The van der Waals surface area contributed by atoms with Gasteiger partial charge in [0.1, 0.15) is 12.4 Å². The molecular formula is C22H25F3N2O2. The number of halogens is 3. The van der Waals surface area contributed by atoms with Crippen LogP contribution >= 0.6 is 0 Å². The highest BCUT2D eigenvalue weighted by atomic mass is 19.4. The van der Waals surface area contributed by atoms with E-state index in [1.165, 1.54) is 6.07 Å². The van der Waals surface area contributed by atoms with E-state index >= 15 is 0 Å². The zero-order valence-corrected chi connectivity index (χ0v) is 16.6. The molecule has 0 bridgehead atoms. The van der Waals surface area contributed by atoms with Gasteiger partial charge in [-0.2, -0.15) is 13.2 Å². The van der Waals surface area contributed by atoms with Crippen molar-refractivity contribution in [2.45, 2.75) is 32.9 Å². The topological polar surface area (TPSA) is 45.3 Å². The third kappa shape index (κ3) is 4.90. The van der Waals surface area contributed by atoms with Crippen molar-refractivity contribution in [3.63, 3.8) is 0 Å². The van der Waals surface area contributed by atoms with Crippen molar-refractivity contribution in [3.8, 4) is 5.75 Å². The quantitative estimate of drug-likeness (QED) is 0.523. The summed E-state index contributed by atoms with van der Waals surface area (Å²) in [6.07, 6.45) is -2.32. The lowest BCUT2D eigenvalue weighted by Crippen LogP contribution is -2.30. The SMILES string of the molecule is CCCN(CCC)CCOc1ccc2c(=O)c3ccc(C(F)(F)F)cc3[nH]c2c1. The van der Waals surface area contributed by atoms with E-state index in [9.17, 15) is 18.0 Å². The molecule has 0 aliphatic heterocycles. The number of H-pyrrole nitrogens is 1. The van der Waals surface area contributed by atoms with Crippen molar-refractivity contribution >= 4 is 21.8 Å². The third-order valence-corrected chi connectivity index (χ3v) is 4.85. The third-order valence-electron chi connectivity index (χ3n) is 4.85. The van der Waals surface area contributed by atoms with E-state index in [0.717, 1.165) is 44.6 Å². The van der Waals surface area contributed by atoms with Crippen LogP contribution in [0.5, 0.6) is 5.75 Å². The molecule has 0 aliphatic carbocycles. The number of hydrogen-bond donors (Lipinski definition) is 1. The van der Waals surface area contributed by atoms with Gasteiger partial charge < -0.3 is 9.72 Å². The molecule has 3 rings (SSSR count). The first kappa shape index (κ1) is 21.2. The van der Waals surface area contributed by atoms with Crippen molar-refractivity contribution in [2.75, 3.05) is 26.2 Å². The highest BCUT2D eigenvalue weighted by Gasteiger charge is 2.30. The first-order chi connectivity index (χ1) is 13.8. The number of benzene rings is 2. The number of alkyl halides is 3. The van der Waals surface area contributed by atoms with Gasteiger partial charge >= 0.3 is 6.18 Å². The summed E-state index contributed by atoms with van der Waals surface area (Å²) in [5, 5.41) is 0.650. The van der Waals surface area contributed by atoms with Gasteiger partial charge in [-0.1, -0.05) is 13.8 Å². The number of nitrogens with one attached hydrogen (secondary N) is 1. The summed E-state index contributed by atoms with van der Waals surface area (Å²) in [6.45, 7) is 7.59. The molecule has 0 saturated heterocycles. The molecular weight excluding hydrogens is 381 g/mol. The number of rotatable bonds is 8. The lowest BCUT2D eigenvalue weighted by Gasteiger charge is -2.20. The van der Waals surface area contributed by atoms with Gasteiger partial charge in [0.05, 0.1) is 16.6 Å². The van der Waals surface area contributed by atoms with Crippen LogP contribution in [0.4, 0.5) is 13.2 Å². The minimum absolute atomic E-state index is 0.159. The first-order valence-electron chi connectivity index (χ1n) is 9.85. The zero-order valence-electron chi connectivity index (χ0n) is 16.6. The number of pyridine rings is 1. The summed E-state index contributed by atoms with van der Waals surface area (Å²) < 4.78 is 44.8. The summed E-state index contributed by atoms with van der Waals surface area (Å²) in [5.74, 6) is 0.576. The van der Waals surface area contributed by atoms with Crippen molar-refractivity contribution in [3.05, 3.63) is 52.2 Å². The van der Waals surface area contributed by atoms with Crippen molar-refractivity contribution in [1.82, 2.24) is 9.88 Å². The summed E-state index contributed by atoms with van der Waals surface area (Å²) in [4.78, 5) is 17.9. The molecule has 0 amide bonds. The molecule has 1 N–H and O–H groups in total. The zero-order chi connectivity index (χ0) is 21.0. The Morgan fingerprint density at radius 2 is 1.55 bits per heavy atom. The average molecular weight is 406 g/mol. The highest BCUT2D eigenvalue weighted by molar-refractivity contribution is 5.93. The molecule has 7 heteroatoms. The van der Waals surface area contributed by atoms with E-state index < -0.39 is 11.7 Å². The summed E-state index contributed by atoms with van der Waals surface area (Å²) >= 11 is 0. The van der Waals surface area contributed by atoms with Crippen molar-refractivity contribution in [2.24, 2.45) is 0 Å². The predicted molar refractivity (Wildman–Crippen MR) is 110 cm³/mol. The fraction of sp³-hybridized carbons (Fsp3) is 0.409. The number of aromatic amines is 1. The number of hydrogen-bond acceptors (Lipinski definition) is 3. The Morgan fingerprint density at radius 1 is 0.931 bits per heavy atom. The van der Waals surface area contributed by atoms with Gasteiger partial charge in [0.25, 0.3) is 0 Å². The van der Waals surface area contributed by atoms with E-state index in [-0.39, 0.29) is 16.3 Å². The molecule has 3 aromatic rings. The summed E-state index contributed by atoms with van der Waals surface area (Å²) in [5.41, 5.74) is -0.477. The smallest absolute Gasteiger partial charge is 0.416 e. The van der Waals surface area contributed by atoms with E-state index in [1.54, 1.807) is 18.2 Å². The number of nitrogens with zero attached hydrogens (tertiary/aromatic N) is 1. The minimum Gasteiger partial charge on any atom is -0.492 e. The molecule has 0 aliphatic rings. The van der Waals surface area contributed by atoms with E-state index in [2.05, 4.69) is 23.7 Å². The van der Waals surface area contributed by atoms with Crippen LogP contribution in [0.15, 0.2) is 41.2 Å². The lowest BCUT2D eigenvalue weighted by molar-refractivity contribution is -0.137. The van der Waals surface area contributed by atoms with Gasteiger partial charge in [-0.05, 0) is 56.3 Å². The van der Waals surface area contributed by atoms with Crippen molar-refractivity contribution < 1.29 is 17.9 Å². The van der Waals surface area contributed by atoms with Crippen LogP contribution in [0.1, 0.15) is 32.3 Å². The first-order valence-corrected chi connectivity index (χ1v) is 9.85. The number of aromatic nitrogens is 1. The second kappa shape index (κ2) is 8.86. The van der Waals surface area contributed by atoms with Gasteiger partial charge in [0.15, 0.2) is 5.43 Å². The molecule has 0 atom stereocenters. The minimum atomic E-state index is -4.46. The maximum Gasteiger partial charge on any atom is 0.416 e. The van der Waals surface area contributed by atoms with E-state index in [4.69, 9.17) is 4.74 Å². The standard InChI is InChI=1S/C22H25F3N2O2/c1-3-9-27(10-4-2)11-12-29-16-6-8-18-20(14-16)26-19-13-15(22(23,24)25)5-7-17(19)21(18)28/h5-8,13-14H,3-4,9-12H2,1-2H3,(H,26,28). The Balaban J connectivity index is 1.86. The van der Waals surface area contributed by atoms with Crippen LogP contribution in [0.25, 0.3) is 21.8 Å². The fourth-order valence-electron chi connectivity index (χ4n) is 3.49. The van der Waals surface area contributed by atoms with Gasteiger partial charge in [0, 0.05) is 23.4 Å². The van der Waals surface area contributed by atoms with Gasteiger partial charge in [-0.25, -0.2) is 0 Å².